The highest BCUT2D eigenvalue weighted by atomic mass is 16.2. The number of nitrogens with zero attached hydrogens (tertiary/aromatic N) is 4. The van der Waals surface area contributed by atoms with Crippen LogP contribution in [0.25, 0.3) is 16.5 Å². The number of nitrogens with one attached hydrogen (secondary N) is 2. The van der Waals surface area contributed by atoms with Crippen molar-refractivity contribution in [1.82, 2.24) is 19.7 Å². The minimum absolute atomic E-state index is 0.000742. The second-order valence-electron chi connectivity index (χ2n) is 13.0. The van der Waals surface area contributed by atoms with Crippen LogP contribution >= 0.6 is 0 Å². The van der Waals surface area contributed by atoms with Gasteiger partial charge in [0.2, 0.25) is 0 Å². The minimum Gasteiger partial charge on any atom is -0.337 e. The Hall–Kier alpha value is -4.98. The lowest BCUT2D eigenvalue weighted by Crippen LogP contribution is -2.39. The molecule has 5 aromatic rings. The number of hydrogen-bond donors (Lipinski definition) is 2. The maximum absolute atomic E-state index is 13.3. The van der Waals surface area contributed by atoms with E-state index in [4.69, 9.17) is 5.10 Å². The third kappa shape index (κ3) is 6.90. The van der Waals surface area contributed by atoms with Gasteiger partial charge in [-0.1, -0.05) is 74.9 Å². The number of hydrogen-bond acceptors (Lipinski definition) is 4. The molecule has 0 radical (unpaired) electrons. The molecule has 230 valence electrons. The van der Waals surface area contributed by atoms with Gasteiger partial charge in [-0.05, 0) is 73.4 Å². The van der Waals surface area contributed by atoms with Crippen LogP contribution in [0.5, 0.6) is 0 Å². The highest BCUT2D eigenvalue weighted by Gasteiger charge is 2.26. The van der Waals surface area contributed by atoms with Gasteiger partial charge in [-0.2, -0.15) is 5.10 Å². The lowest BCUT2D eigenvalue weighted by Gasteiger charge is -2.32. The highest BCUT2D eigenvalue weighted by Crippen LogP contribution is 2.28. The largest absolute Gasteiger partial charge is 0.337 e. The van der Waals surface area contributed by atoms with E-state index < -0.39 is 0 Å². The van der Waals surface area contributed by atoms with Crippen molar-refractivity contribution in [2.24, 2.45) is 5.92 Å². The van der Waals surface area contributed by atoms with Crippen LogP contribution in [0.1, 0.15) is 60.9 Å². The quantitative estimate of drug-likeness (QED) is 0.208. The van der Waals surface area contributed by atoms with Crippen LogP contribution < -0.4 is 10.6 Å². The summed E-state index contributed by atoms with van der Waals surface area (Å²) in [7, 11) is 0. The number of urea groups is 1. The molecule has 0 saturated carbocycles. The fourth-order valence-electron chi connectivity index (χ4n) is 5.89. The molecule has 2 aromatic heterocycles. The van der Waals surface area contributed by atoms with Crippen LogP contribution in [0.3, 0.4) is 0 Å². The van der Waals surface area contributed by atoms with Gasteiger partial charge in [0, 0.05) is 41.8 Å². The van der Waals surface area contributed by atoms with Crippen molar-refractivity contribution in [3.63, 3.8) is 0 Å². The van der Waals surface area contributed by atoms with Gasteiger partial charge >= 0.3 is 6.03 Å². The van der Waals surface area contributed by atoms with Crippen molar-refractivity contribution in [2.75, 3.05) is 23.7 Å². The number of aromatic nitrogens is 3. The maximum Gasteiger partial charge on any atom is 0.324 e. The minimum atomic E-state index is -0.324. The molecule has 1 saturated heterocycles. The van der Waals surface area contributed by atoms with Crippen molar-refractivity contribution >= 4 is 34.2 Å². The smallest absolute Gasteiger partial charge is 0.324 e. The fourth-order valence-corrected chi connectivity index (χ4v) is 5.89. The van der Waals surface area contributed by atoms with Gasteiger partial charge in [-0.25, -0.2) is 9.48 Å². The Morgan fingerprint density at radius 2 is 1.64 bits per heavy atom. The predicted molar refractivity (Wildman–Crippen MR) is 180 cm³/mol. The van der Waals surface area contributed by atoms with Crippen LogP contribution in [0, 0.1) is 12.8 Å². The average Bonchev–Trinajstić information content (AvgIpc) is 3.45. The van der Waals surface area contributed by atoms with Crippen molar-refractivity contribution in [1.29, 1.82) is 0 Å². The van der Waals surface area contributed by atoms with Gasteiger partial charge in [-0.3, -0.25) is 15.1 Å². The van der Waals surface area contributed by atoms with E-state index in [-0.39, 0.29) is 17.4 Å². The van der Waals surface area contributed by atoms with Crippen molar-refractivity contribution in [2.45, 2.75) is 52.4 Å². The number of carbonyl (C=O) groups excluding carboxylic acids is 2. The van der Waals surface area contributed by atoms with Gasteiger partial charge in [0.05, 0.1) is 11.4 Å². The van der Waals surface area contributed by atoms with Crippen molar-refractivity contribution < 1.29 is 9.59 Å². The van der Waals surface area contributed by atoms with Crippen LogP contribution in [-0.4, -0.2) is 44.7 Å². The lowest BCUT2D eigenvalue weighted by atomic mass is 9.90. The number of amides is 3. The predicted octanol–water partition coefficient (Wildman–Crippen LogP) is 7.77. The number of piperidine rings is 1. The molecule has 8 heteroatoms. The Kier molecular flexibility index (Phi) is 8.39. The summed E-state index contributed by atoms with van der Waals surface area (Å²) in [5.74, 6) is 1.07. The van der Waals surface area contributed by atoms with Crippen LogP contribution in [0.2, 0.25) is 0 Å². The molecular formula is C37H40N6O2. The van der Waals surface area contributed by atoms with E-state index in [1.54, 1.807) is 10.9 Å². The summed E-state index contributed by atoms with van der Waals surface area (Å²) in [4.78, 5) is 32.9. The molecule has 1 fully saturated rings. The number of likely N-dealkylation sites (tertiary alicyclic amines) is 1. The first-order valence-corrected chi connectivity index (χ1v) is 15.6. The summed E-state index contributed by atoms with van der Waals surface area (Å²) in [6.45, 7) is 9.78. The van der Waals surface area contributed by atoms with E-state index in [1.165, 1.54) is 0 Å². The molecule has 0 aliphatic carbocycles. The second-order valence-corrected chi connectivity index (χ2v) is 13.0. The summed E-state index contributed by atoms with van der Waals surface area (Å²) in [6, 6.07) is 27.5. The molecule has 8 nitrogen and oxygen atoms in total. The van der Waals surface area contributed by atoms with Gasteiger partial charge < -0.3 is 10.2 Å². The monoisotopic (exact) mass is 600 g/mol. The first-order chi connectivity index (χ1) is 21.6. The summed E-state index contributed by atoms with van der Waals surface area (Å²) in [5.41, 5.74) is 5.18. The molecule has 0 unspecified atom stereocenters. The molecule has 1 aliphatic rings. The number of benzene rings is 3. The third-order valence-electron chi connectivity index (χ3n) is 8.49. The Labute approximate surface area is 264 Å². The van der Waals surface area contributed by atoms with Gasteiger partial charge in [0.25, 0.3) is 5.91 Å². The number of fused-ring (bicyclic) bond motifs is 1. The van der Waals surface area contributed by atoms with Crippen LogP contribution in [0.4, 0.5) is 16.3 Å². The molecule has 1 aliphatic heterocycles. The molecule has 0 bridgehead atoms. The molecule has 2 N–H and O–H groups in total. The number of aryl methyl sites for hydroxylation is 1. The summed E-state index contributed by atoms with van der Waals surface area (Å²) >= 11 is 0. The SMILES string of the molecule is Cc1ccc(-n2nc(C(C)(C)C)cc2NC(=O)Nc2cccc(CC3CCN(C(=O)c4nccc5ccccc45)CC3)c2)cc1. The zero-order valence-corrected chi connectivity index (χ0v) is 26.4. The van der Waals surface area contributed by atoms with E-state index in [0.717, 1.165) is 58.2 Å². The van der Waals surface area contributed by atoms with E-state index in [2.05, 4.69) is 42.5 Å². The Balaban J connectivity index is 1.08. The molecule has 6 rings (SSSR count). The number of carbonyl (C=O) groups is 2. The third-order valence-corrected chi connectivity index (χ3v) is 8.49. The topological polar surface area (TPSA) is 92.2 Å². The van der Waals surface area contributed by atoms with Crippen LogP contribution in [-0.2, 0) is 11.8 Å². The Bertz CT molecular complexity index is 1820. The fraction of sp³-hybridized carbons (Fsp3) is 0.297. The molecule has 3 amide bonds. The van der Waals surface area contributed by atoms with Gasteiger partial charge in [-0.15, -0.1) is 0 Å². The number of rotatable bonds is 6. The molecule has 0 spiro atoms. The molecule has 45 heavy (non-hydrogen) atoms. The summed E-state index contributed by atoms with van der Waals surface area (Å²) in [6.07, 6.45) is 4.45. The lowest BCUT2D eigenvalue weighted by molar-refractivity contribution is 0.0687. The summed E-state index contributed by atoms with van der Waals surface area (Å²) < 4.78 is 1.78. The normalized spacial score (nSPS) is 14.0. The average molecular weight is 601 g/mol. The molecule has 0 atom stereocenters. The first-order valence-electron chi connectivity index (χ1n) is 15.6. The Morgan fingerprint density at radius 1 is 0.889 bits per heavy atom. The van der Waals surface area contributed by atoms with Gasteiger partial charge in [0.15, 0.2) is 0 Å². The molecular weight excluding hydrogens is 560 g/mol. The van der Waals surface area contributed by atoms with Crippen molar-refractivity contribution in [3.05, 3.63) is 114 Å². The Morgan fingerprint density at radius 3 is 2.40 bits per heavy atom. The van der Waals surface area contributed by atoms with E-state index in [0.29, 0.717) is 30.5 Å². The highest BCUT2D eigenvalue weighted by molar-refractivity contribution is 6.05. The standard InChI is InChI=1S/C37H40N6O2/c1-25-12-14-30(15-13-25)43-33(24-32(41-43)37(2,3)4)40-36(45)39-29-10-7-8-27(23-29)22-26-17-20-42(21-18-26)35(44)34-31-11-6-5-9-28(31)16-19-38-34/h5-16,19,23-24,26H,17-18,20-22H2,1-4H3,(H2,39,40,45). The van der Waals surface area contributed by atoms with Crippen LogP contribution in [0.15, 0.2) is 91.1 Å². The number of anilines is 2. The van der Waals surface area contributed by atoms with E-state index in [1.807, 2.05) is 90.7 Å². The van der Waals surface area contributed by atoms with Crippen molar-refractivity contribution in [3.8, 4) is 5.69 Å². The summed E-state index contributed by atoms with van der Waals surface area (Å²) in [5, 5.41) is 12.8. The molecule has 3 aromatic carbocycles. The zero-order valence-electron chi connectivity index (χ0n) is 26.4. The maximum atomic E-state index is 13.3. The van der Waals surface area contributed by atoms with E-state index in [9.17, 15) is 9.59 Å². The van der Waals surface area contributed by atoms with E-state index >= 15 is 0 Å². The second kappa shape index (κ2) is 12.6. The number of pyridine rings is 1. The first kappa shape index (κ1) is 30.1. The molecule has 3 heterocycles. The van der Waals surface area contributed by atoms with Gasteiger partial charge in [0.1, 0.15) is 11.5 Å². The zero-order chi connectivity index (χ0) is 31.6.